The van der Waals surface area contributed by atoms with Crippen molar-refractivity contribution in [2.75, 3.05) is 6.61 Å². The summed E-state index contributed by atoms with van der Waals surface area (Å²) < 4.78 is 9.16. The first kappa shape index (κ1) is 8.46. The Kier molecular flexibility index (Phi) is 1.74. The summed E-state index contributed by atoms with van der Waals surface area (Å²) in [6, 6.07) is 0. The smallest absolute Gasteiger partial charge is 0.338 e. The largest absolute Gasteiger partial charge is 0.463 e. The zero-order chi connectivity index (χ0) is 9.59. The van der Waals surface area contributed by atoms with Crippen molar-refractivity contribution < 1.29 is 29.3 Å². The van der Waals surface area contributed by atoms with Gasteiger partial charge in [-0.1, -0.05) is 0 Å². The van der Waals surface area contributed by atoms with Crippen molar-refractivity contribution >= 4 is 11.9 Å². The van der Waals surface area contributed by atoms with E-state index >= 15 is 0 Å². The Morgan fingerprint density at radius 2 is 1.85 bits per heavy atom. The van der Waals surface area contributed by atoms with Crippen molar-refractivity contribution in [3.63, 3.8) is 0 Å². The molecule has 0 spiro atoms. The number of hydrogen-bond donors (Lipinski definition) is 2. The molecule has 0 amide bonds. The first-order valence-electron chi connectivity index (χ1n) is 3.84. The van der Waals surface area contributed by atoms with Crippen LogP contribution in [0.5, 0.6) is 0 Å². The Labute approximate surface area is 73.1 Å². The number of rotatable bonds is 0. The average Bonchev–Trinajstić information content (AvgIpc) is 2.38. The molecule has 0 aromatic rings. The summed E-state index contributed by atoms with van der Waals surface area (Å²) in [5.41, 5.74) is 0. The standard InChI is InChI=1S/C7H8O6/c8-3-2-1-12-6(10)4(9)5(2)13-7(3)11/h2-5,8-9H,1H2/t2-,3-,4+,5+/m1/s1. The highest BCUT2D eigenvalue weighted by atomic mass is 16.6. The topological polar surface area (TPSA) is 93.1 Å². The summed E-state index contributed by atoms with van der Waals surface area (Å²) in [6.45, 7) is -0.0898. The van der Waals surface area contributed by atoms with Gasteiger partial charge in [0.2, 0.25) is 0 Å². The second-order valence-corrected chi connectivity index (χ2v) is 3.09. The molecule has 0 aromatic carbocycles. The summed E-state index contributed by atoms with van der Waals surface area (Å²) in [7, 11) is 0. The molecule has 2 rings (SSSR count). The number of hydrogen-bond acceptors (Lipinski definition) is 6. The summed E-state index contributed by atoms with van der Waals surface area (Å²) in [4.78, 5) is 21.6. The van der Waals surface area contributed by atoms with Crippen molar-refractivity contribution in [3.8, 4) is 0 Å². The number of aliphatic hydroxyl groups is 2. The third-order valence-electron chi connectivity index (χ3n) is 2.29. The van der Waals surface area contributed by atoms with Gasteiger partial charge in [-0.25, -0.2) is 9.59 Å². The minimum atomic E-state index is -1.47. The molecule has 2 saturated heterocycles. The van der Waals surface area contributed by atoms with Gasteiger partial charge in [0, 0.05) is 0 Å². The first-order valence-corrected chi connectivity index (χ1v) is 3.84. The Balaban J connectivity index is 2.21. The Morgan fingerprint density at radius 3 is 2.54 bits per heavy atom. The lowest BCUT2D eigenvalue weighted by Gasteiger charge is -2.27. The Bertz CT molecular complexity index is 262. The van der Waals surface area contributed by atoms with E-state index in [2.05, 4.69) is 9.47 Å². The van der Waals surface area contributed by atoms with Crippen molar-refractivity contribution in [2.24, 2.45) is 5.92 Å². The van der Waals surface area contributed by atoms with Crippen LogP contribution in [-0.2, 0) is 19.1 Å². The number of carbonyl (C=O) groups is 2. The number of cyclic esters (lactones) is 1. The molecule has 0 saturated carbocycles. The van der Waals surface area contributed by atoms with Crippen LogP contribution in [-0.4, -0.2) is 47.1 Å². The monoisotopic (exact) mass is 188 g/mol. The second kappa shape index (κ2) is 2.68. The third-order valence-corrected chi connectivity index (χ3v) is 2.29. The van der Waals surface area contributed by atoms with Gasteiger partial charge in [-0.05, 0) is 0 Å². The van der Waals surface area contributed by atoms with Crippen LogP contribution in [0.1, 0.15) is 0 Å². The van der Waals surface area contributed by atoms with Gasteiger partial charge in [0.15, 0.2) is 12.2 Å². The molecular formula is C7H8O6. The SMILES string of the molecule is O=C1OC[C@H]2[C@H](OC(=O)[C@@H]2O)[C@@H]1O. The fourth-order valence-corrected chi connectivity index (χ4v) is 1.53. The highest BCUT2D eigenvalue weighted by Gasteiger charge is 2.52. The molecule has 2 fully saturated rings. The maximum Gasteiger partial charge on any atom is 0.338 e. The van der Waals surface area contributed by atoms with Crippen LogP contribution in [0.2, 0.25) is 0 Å². The lowest BCUT2D eigenvalue weighted by molar-refractivity contribution is -0.176. The van der Waals surface area contributed by atoms with E-state index in [-0.39, 0.29) is 6.61 Å². The number of aliphatic hydroxyl groups excluding tert-OH is 2. The van der Waals surface area contributed by atoms with Crippen LogP contribution in [0.25, 0.3) is 0 Å². The molecule has 2 N–H and O–H groups in total. The van der Waals surface area contributed by atoms with Gasteiger partial charge in [0.1, 0.15) is 12.7 Å². The van der Waals surface area contributed by atoms with E-state index in [9.17, 15) is 19.8 Å². The normalized spacial score (nSPS) is 43.8. The molecular weight excluding hydrogens is 180 g/mol. The number of carbonyl (C=O) groups excluding carboxylic acids is 2. The average molecular weight is 188 g/mol. The summed E-state index contributed by atoms with van der Waals surface area (Å²) in [5.74, 6) is -2.27. The maximum atomic E-state index is 10.8. The van der Waals surface area contributed by atoms with Crippen LogP contribution in [0.3, 0.4) is 0 Å². The fourth-order valence-electron chi connectivity index (χ4n) is 1.53. The van der Waals surface area contributed by atoms with Gasteiger partial charge in [-0.2, -0.15) is 0 Å². The van der Waals surface area contributed by atoms with Crippen LogP contribution in [0.4, 0.5) is 0 Å². The predicted octanol–water partition coefficient (Wildman–Crippen LogP) is -2.19. The maximum absolute atomic E-state index is 10.8. The van der Waals surface area contributed by atoms with E-state index in [1.165, 1.54) is 0 Å². The predicted molar refractivity (Wildman–Crippen MR) is 36.3 cm³/mol. The lowest BCUT2D eigenvalue weighted by atomic mass is 9.94. The molecule has 6 nitrogen and oxygen atoms in total. The first-order chi connectivity index (χ1) is 6.11. The molecule has 2 heterocycles. The lowest BCUT2D eigenvalue weighted by Crippen LogP contribution is -2.47. The van der Waals surface area contributed by atoms with Gasteiger partial charge >= 0.3 is 11.9 Å². The molecule has 4 atom stereocenters. The number of ether oxygens (including phenoxy) is 2. The van der Waals surface area contributed by atoms with Gasteiger partial charge < -0.3 is 19.7 Å². The molecule has 72 valence electrons. The van der Waals surface area contributed by atoms with Crippen molar-refractivity contribution in [3.05, 3.63) is 0 Å². The van der Waals surface area contributed by atoms with E-state index in [0.717, 1.165) is 0 Å². The number of esters is 2. The molecule has 0 unspecified atom stereocenters. The highest BCUT2D eigenvalue weighted by molar-refractivity contribution is 5.82. The van der Waals surface area contributed by atoms with Crippen LogP contribution >= 0.6 is 0 Å². The minimum absolute atomic E-state index is 0.0898. The van der Waals surface area contributed by atoms with Gasteiger partial charge in [0.05, 0.1) is 5.92 Å². The fraction of sp³-hybridized carbons (Fsp3) is 0.714. The van der Waals surface area contributed by atoms with E-state index in [1.807, 2.05) is 0 Å². The van der Waals surface area contributed by atoms with Gasteiger partial charge in [-0.3, -0.25) is 0 Å². The Hall–Kier alpha value is -1.14. The minimum Gasteiger partial charge on any atom is -0.463 e. The second-order valence-electron chi connectivity index (χ2n) is 3.09. The molecule has 2 aliphatic rings. The number of fused-ring (bicyclic) bond motifs is 1. The molecule has 0 radical (unpaired) electrons. The third kappa shape index (κ3) is 1.10. The Morgan fingerprint density at radius 1 is 1.15 bits per heavy atom. The molecule has 0 aliphatic carbocycles. The van der Waals surface area contributed by atoms with Crippen LogP contribution < -0.4 is 0 Å². The highest BCUT2D eigenvalue weighted by Crippen LogP contribution is 2.29. The van der Waals surface area contributed by atoms with Crippen molar-refractivity contribution in [1.82, 2.24) is 0 Å². The van der Waals surface area contributed by atoms with Crippen molar-refractivity contribution in [1.29, 1.82) is 0 Å². The molecule has 0 aromatic heterocycles. The molecule has 2 aliphatic heterocycles. The zero-order valence-corrected chi connectivity index (χ0v) is 6.54. The summed E-state index contributed by atoms with van der Waals surface area (Å²) in [6.07, 6.45) is -3.73. The molecule has 0 bridgehead atoms. The van der Waals surface area contributed by atoms with Crippen LogP contribution in [0, 0.1) is 5.92 Å². The van der Waals surface area contributed by atoms with Gasteiger partial charge in [0.25, 0.3) is 0 Å². The van der Waals surface area contributed by atoms with E-state index in [1.54, 1.807) is 0 Å². The molecule has 6 heteroatoms. The quantitative estimate of drug-likeness (QED) is 0.419. The summed E-state index contributed by atoms with van der Waals surface area (Å²) in [5, 5.41) is 18.4. The van der Waals surface area contributed by atoms with E-state index < -0.39 is 36.2 Å². The van der Waals surface area contributed by atoms with Crippen molar-refractivity contribution in [2.45, 2.75) is 18.3 Å². The van der Waals surface area contributed by atoms with E-state index in [4.69, 9.17) is 0 Å². The van der Waals surface area contributed by atoms with Gasteiger partial charge in [-0.15, -0.1) is 0 Å². The molecule has 13 heavy (non-hydrogen) atoms. The zero-order valence-electron chi connectivity index (χ0n) is 6.54. The van der Waals surface area contributed by atoms with Crippen LogP contribution in [0.15, 0.2) is 0 Å². The van der Waals surface area contributed by atoms with E-state index in [0.29, 0.717) is 0 Å². The summed E-state index contributed by atoms with van der Waals surface area (Å²) >= 11 is 0.